The molecule has 1 amide bonds. The lowest BCUT2D eigenvalue weighted by molar-refractivity contribution is 0.238. The van der Waals surface area contributed by atoms with Crippen molar-refractivity contribution in [3.63, 3.8) is 0 Å². The van der Waals surface area contributed by atoms with E-state index in [1.54, 1.807) is 23.3 Å². The second-order valence-electron chi connectivity index (χ2n) is 3.39. The number of hydrogen-bond donors (Lipinski definition) is 0. The van der Waals surface area contributed by atoms with Gasteiger partial charge in [0, 0.05) is 6.20 Å². The van der Waals surface area contributed by atoms with Crippen LogP contribution in [0, 0.1) is 0 Å². The van der Waals surface area contributed by atoms with E-state index < -0.39 is 0 Å². The summed E-state index contributed by atoms with van der Waals surface area (Å²) in [7, 11) is 0. The standard InChI is InChI=1S/C14H17NOS/c1-3-5-11-15(14(16)17-4-2)12-13-9-7-6-8-10-13/h3,5-11H,1,4,12H2,2H3/b11-5+. The molecule has 0 aliphatic carbocycles. The first kappa shape index (κ1) is 13.6. The number of carbonyl (C=O) groups excluding carboxylic acids is 1. The van der Waals surface area contributed by atoms with Gasteiger partial charge in [0.15, 0.2) is 0 Å². The molecular weight excluding hydrogens is 230 g/mol. The first-order valence-electron chi connectivity index (χ1n) is 5.54. The Morgan fingerprint density at radius 3 is 2.71 bits per heavy atom. The van der Waals surface area contributed by atoms with Gasteiger partial charge in [-0.1, -0.05) is 61.7 Å². The van der Waals surface area contributed by atoms with Crippen LogP contribution < -0.4 is 0 Å². The zero-order valence-corrected chi connectivity index (χ0v) is 10.8. The van der Waals surface area contributed by atoms with E-state index in [-0.39, 0.29) is 5.24 Å². The quantitative estimate of drug-likeness (QED) is 0.731. The van der Waals surface area contributed by atoms with Gasteiger partial charge in [-0.2, -0.15) is 0 Å². The molecule has 3 heteroatoms. The molecule has 0 unspecified atom stereocenters. The second-order valence-corrected chi connectivity index (χ2v) is 4.60. The molecule has 90 valence electrons. The summed E-state index contributed by atoms with van der Waals surface area (Å²) in [6.07, 6.45) is 5.21. The zero-order chi connectivity index (χ0) is 12.5. The number of thioether (sulfide) groups is 1. The number of allylic oxidation sites excluding steroid dienone is 2. The Labute approximate surface area is 107 Å². The SMILES string of the molecule is C=C/C=C/N(Cc1ccccc1)C(=O)SCC. The molecule has 0 N–H and O–H groups in total. The Bertz CT molecular complexity index is 386. The highest BCUT2D eigenvalue weighted by molar-refractivity contribution is 8.13. The number of nitrogens with zero attached hydrogens (tertiary/aromatic N) is 1. The van der Waals surface area contributed by atoms with E-state index in [1.165, 1.54) is 11.8 Å². The van der Waals surface area contributed by atoms with Crippen LogP contribution in [-0.2, 0) is 6.54 Å². The van der Waals surface area contributed by atoms with Crippen molar-refractivity contribution in [2.45, 2.75) is 13.5 Å². The van der Waals surface area contributed by atoms with E-state index in [4.69, 9.17) is 0 Å². The monoisotopic (exact) mass is 247 g/mol. The van der Waals surface area contributed by atoms with E-state index in [2.05, 4.69) is 6.58 Å². The lowest BCUT2D eigenvalue weighted by atomic mass is 10.2. The Morgan fingerprint density at radius 1 is 1.41 bits per heavy atom. The van der Waals surface area contributed by atoms with Crippen molar-refractivity contribution in [2.75, 3.05) is 5.75 Å². The fourth-order valence-corrected chi connectivity index (χ4v) is 1.87. The van der Waals surface area contributed by atoms with Gasteiger partial charge in [-0.05, 0) is 17.4 Å². The Kier molecular flexibility index (Phi) is 6.18. The van der Waals surface area contributed by atoms with Gasteiger partial charge >= 0.3 is 0 Å². The summed E-state index contributed by atoms with van der Waals surface area (Å²) in [6.45, 7) is 6.18. The van der Waals surface area contributed by atoms with Crippen LogP contribution in [-0.4, -0.2) is 15.9 Å². The Morgan fingerprint density at radius 2 is 2.12 bits per heavy atom. The number of amides is 1. The summed E-state index contributed by atoms with van der Waals surface area (Å²) in [6, 6.07) is 9.94. The largest absolute Gasteiger partial charge is 0.306 e. The predicted octanol–water partition coefficient (Wildman–Crippen LogP) is 4.06. The van der Waals surface area contributed by atoms with E-state index in [1.807, 2.05) is 37.3 Å². The molecule has 0 aliphatic rings. The van der Waals surface area contributed by atoms with Crippen molar-refractivity contribution in [1.29, 1.82) is 0 Å². The van der Waals surface area contributed by atoms with E-state index in [0.29, 0.717) is 6.54 Å². The summed E-state index contributed by atoms with van der Waals surface area (Å²) in [5.74, 6) is 0.784. The summed E-state index contributed by atoms with van der Waals surface area (Å²) < 4.78 is 0. The summed E-state index contributed by atoms with van der Waals surface area (Å²) in [5.41, 5.74) is 1.12. The molecule has 0 saturated heterocycles. The van der Waals surface area contributed by atoms with Gasteiger partial charge < -0.3 is 4.90 Å². The molecular formula is C14H17NOS. The topological polar surface area (TPSA) is 20.3 Å². The van der Waals surface area contributed by atoms with Crippen molar-refractivity contribution < 1.29 is 4.79 Å². The number of benzene rings is 1. The van der Waals surface area contributed by atoms with E-state index in [9.17, 15) is 4.79 Å². The first-order valence-corrected chi connectivity index (χ1v) is 6.53. The summed E-state index contributed by atoms with van der Waals surface area (Å²) in [4.78, 5) is 13.6. The zero-order valence-electron chi connectivity index (χ0n) is 10.0. The molecule has 0 aliphatic heterocycles. The molecule has 0 spiro atoms. The van der Waals surface area contributed by atoms with E-state index >= 15 is 0 Å². The van der Waals surface area contributed by atoms with Crippen LogP contribution in [0.15, 0.2) is 55.3 Å². The van der Waals surface area contributed by atoms with Crippen LogP contribution in [0.4, 0.5) is 4.79 Å². The minimum Gasteiger partial charge on any atom is -0.306 e. The maximum atomic E-state index is 11.9. The fraction of sp³-hybridized carbons (Fsp3) is 0.214. The van der Waals surface area contributed by atoms with Crippen molar-refractivity contribution in [1.82, 2.24) is 4.90 Å². The normalized spacial score (nSPS) is 10.4. The molecule has 0 radical (unpaired) electrons. The van der Waals surface area contributed by atoms with Crippen molar-refractivity contribution >= 4 is 17.0 Å². The van der Waals surface area contributed by atoms with Gasteiger partial charge in [-0.15, -0.1) is 0 Å². The lowest BCUT2D eigenvalue weighted by Gasteiger charge is -2.17. The number of carbonyl (C=O) groups is 1. The van der Waals surface area contributed by atoms with Crippen LogP contribution in [0.1, 0.15) is 12.5 Å². The van der Waals surface area contributed by atoms with Crippen molar-refractivity contribution in [2.24, 2.45) is 0 Å². The third-order valence-electron chi connectivity index (χ3n) is 2.10. The average Bonchev–Trinajstić information content (AvgIpc) is 2.36. The fourth-order valence-electron chi connectivity index (χ4n) is 1.33. The molecule has 2 nitrogen and oxygen atoms in total. The highest BCUT2D eigenvalue weighted by Crippen LogP contribution is 2.13. The van der Waals surface area contributed by atoms with Gasteiger partial charge in [0.1, 0.15) is 0 Å². The third-order valence-corrected chi connectivity index (χ3v) is 2.87. The number of rotatable bonds is 5. The van der Waals surface area contributed by atoms with Crippen molar-refractivity contribution in [3.8, 4) is 0 Å². The molecule has 0 heterocycles. The molecule has 0 fully saturated rings. The summed E-state index contributed by atoms with van der Waals surface area (Å²) in [5, 5.41) is 0.0643. The number of hydrogen-bond acceptors (Lipinski definition) is 2. The second kappa shape index (κ2) is 7.74. The Hall–Kier alpha value is -1.48. The molecule has 17 heavy (non-hydrogen) atoms. The third kappa shape index (κ3) is 4.91. The van der Waals surface area contributed by atoms with Crippen LogP contribution in [0.2, 0.25) is 0 Å². The first-order chi connectivity index (χ1) is 8.27. The van der Waals surface area contributed by atoms with Gasteiger partial charge in [0.05, 0.1) is 6.54 Å². The molecule has 0 aromatic heterocycles. The van der Waals surface area contributed by atoms with Gasteiger partial charge in [0.25, 0.3) is 5.24 Å². The molecule has 1 aromatic carbocycles. The van der Waals surface area contributed by atoms with Gasteiger partial charge in [-0.25, -0.2) is 0 Å². The van der Waals surface area contributed by atoms with Gasteiger partial charge in [0.2, 0.25) is 0 Å². The van der Waals surface area contributed by atoms with Gasteiger partial charge in [-0.3, -0.25) is 4.79 Å². The van der Waals surface area contributed by atoms with Crippen LogP contribution >= 0.6 is 11.8 Å². The van der Waals surface area contributed by atoms with Crippen LogP contribution in [0.5, 0.6) is 0 Å². The Balaban J connectivity index is 2.73. The maximum absolute atomic E-state index is 11.9. The minimum absolute atomic E-state index is 0.0643. The van der Waals surface area contributed by atoms with Crippen LogP contribution in [0.3, 0.4) is 0 Å². The molecule has 0 bridgehead atoms. The smallest absolute Gasteiger partial charge is 0.285 e. The molecule has 1 aromatic rings. The molecule has 1 rings (SSSR count). The average molecular weight is 247 g/mol. The highest BCUT2D eigenvalue weighted by atomic mass is 32.2. The molecule has 0 atom stereocenters. The minimum atomic E-state index is 0.0643. The van der Waals surface area contributed by atoms with Crippen molar-refractivity contribution in [3.05, 3.63) is 60.8 Å². The predicted molar refractivity (Wildman–Crippen MR) is 74.9 cm³/mol. The highest BCUT2D eigenvalue weighted by Gasteiger charge is 2.10. The molecule has 0 saturated carbocycles. The lowest BCUT2D eigenvalue weighted by Crippen LogP contribution is -2.21. The van der Waals surface area contributed by atoms with E-state index in [0.717, 1.165) is 11.3 Å². The van der Waals surface area contributed by atoms with Crippen LogP contribution in [0.25, 0.3) is 0 Å². The maximum Gasteiger partial charge on any atom is 0.285 e. The summed E-state index contributed by atoms with van der Waals surface area (Å²) >= 11 is 1.31.